The number of likely N-dealkylation sites (tertiary alicyclic amines) is 1. The van der Waals surface area contributed by atoms with Gasteiger partial charge in [-0.2, -0.15) is 0 Å². The Hall–Kier alpha value is -2.33. The highest BCUT2D eigenvalue weighted by Gasteiger charge is 2.25. The number of anilines is 1. The number of benzene rings is 2. The second-order valence-electron chi connectivity index (χ2n) is 7.32. The van der Waals surface area contributed by atoms with Gasteiger partial charge in [0.05, 0.1) is 0 Å². The van der Waals surface area contributed by atoms with Crippen molar-refractivity contribution >= 4 is 40.2 Å². The van der Waals surface area contributed by atoms with Gasteiger partial charge in [0.1, 0.15) is 6.61 Å². The van der Waals surface area contributed by atoms with Crippen LogP contribution < -0.4 is 14.8 Å². The van der Waals surface area contributed by atoms with Crippen LogP contribution >= 0.6 is 22.6 Å². The number of carbonyl (C=O) groups excluding carboxylic acids is 2. The molecule has 2 aromatic carbocycles. The number of halogens is 1. The number of fused-ring (bicyclic) bond motifs is 1. The molecule has 2 aromatic rings. The monoisotopic (exact) mass is 522 g/mol. The van der Waals surface area contributed by atoms with Crippen LogP contribution in [-0.2, 0) is 4.74 Å². The van der Waals surface area contributed by atoms with Crippen LogP contribution in [0.4, 0.5) is 10.5 Å². The molecule has 0 aromatic heterocycles. The lowest BCUT2D eigenvalue weighted by atomic mass is 9.89. The third kappa shape index (κ3) is 5.23. The number of carbonyl (C=O) groups is 2. The van der Waals surface area contributed by atoms with Gasteiger partial charge in [-0.25, -0.2) is 4.79 Å². The van der Waals surface area contributed by atoms with Gasteiger partial charge in [0.15, 0.2) is 17.3 Å². The first-order chi connectivity index (χ1) is 14.6. The van der Waals surface area contributed by atoms with Crippen LogP contribution in [0.25, 0.3) is 0 Å². The smallest absolute Gasteiger partial charge is 0.411 e. The summed E-state index contributed by atoms with van der Waals surface area (Å²) in [5.41, 5.74) is 1.39. The summed E-state index contributed by atoms with van der Waals surface area (Å²) in [6.07, 6.45) is 1.15. The molecule has 1 amide bonds. The number of amides is 1. The van der Waals surface area contributed by atoms with Crippen LogP contribution in [0.5, 0.6) is 11.5 Å². The van der Waals surface area contributed by atoms with Gasteiger partial charge >= 0.3 is 6.09 Å². The Morgan fingerprint density at radius 2 is 1.80 bits per heavy atom. The van der Waals surface area contributed by atoms with E-state index in [0.29, 0.717) is 30.3 Å². The van der Waals surface area contributed by atoms with E-state index in [1.165, 1.54) is 0 Å². The van der Waals surface area contributed by atoms with Crippen molar-refractivity contribution in [2.24, 2.45) is 5.92 Å². The number of nitrogens with zero attached hydrogens (tertiary/aromatic N) is 1. The predicted molar refractivity (Wildman–Crippen MR) is 120 cm³/mol. The van der Waals surface area contributed by atoms with E-state index in [1.807, 2.05) is 24.3 Å². The first-order valence-corrected chi connectivity index (χ1v) is 11.0. The number of ether oxygens (including phenoxy) is 3. The number of rotatable bonds is 6. The molecule has 4 rings (SSSR count). The Morgan fingerprint density at radius 3 is 2.57 bits per heavy atom. The summed E-state index contributed by atoms with van der Waals surface area (Å²) < 4.78 is 17.0. The summed E-state index contributed by atoms with van der Waals surface area (Å²) in [6, 6.07) is 12.9. The van der Waals surface area contributed by atoms with E-state index in [9.17, 15) is 9.59 Å². The molecule has 1 fully saturated rings. The molecule has 2 aliphatic heterocycles. The molecule has 0 saturated carbocycles. The molecule has 2 aliphatic rings. The highest BCUT2D eigenvalue weighted by molar-refractivity contribution is 14.1. The fourth-order valence-electron chi connectivity index (χ4n) is 3.66. The van der Waals surface area contributed by atoms with Gasteiger partial charge in [-0.05, 0) is 72.8 Å². The zero-order valence-electron chi connectivity index (χ0n) is 16.4. The van der Waals surface area contributed by atoms with Crippen molar-refractivity contribution < 1.29 is 23.8 Å². The second-order valence-corrected chi connectivity index (χ2v) is 8.56. The highest BCUT2D eigenvalue weighted by Crippen LogP contribution is 2.34. The lowest BCUT2D eigenvalue weighted by Crippen LogP contribution is -2.38. The summed E-state index contributed by atoms with van der Waals surface area (Å²) >= 11 is 2.24. The number of hydrogen-bond donors (Lipinski definition) is 1. The normalized spacial score (nSPS) is 16.3. The van der Waals surface area contributed by atoms with E-state index in [-0.39, 0.29) is 18.5 Å². The van der Waals surface area contributed by atoms with Crippen LogP contribution in [0.15, 0.2) is 42.5 Å². The summed E-state index contributed by atoms with van der Waals surface area (Å²) in [5, 5.41) is 2.69. The Balaban J connectivity index is 1.16. The van der Waals surface area contributed by atoms with Gasteiger partial charge < -0.3 is 14.2 Å². The van der Waals surface area contributed by atoms with Crippen molar-refractivity contribution in [3.63, 3.8) is 0 Å². The van der Waals surface area contributed by atoms with Crippen molar-refractivity contribution in [3.05, 3.63) is 51.6 Å². The number of nitrogens with one attached hydrogen (secondary N) is 1. The van der Waals surface area contributed by atoms with Gasteiger partial charge in [0.25, 0.3) is 0 Å². The van der Waals surface area contributed by atoms with Crippen LogP contribution in [0.1, 0.15) is 23.2 Å². The van der Waals surface area contributed by atoms with Gasteiger partial charge in [-0.1, -0.05) is 12.1 Å². The molecule has 2 heterocycles. The van der Waals surface area contributed by atoms with Crippen LogP contribution in [0.3, 0.4) is 0 Å². The Kier molecular flexibility index (Phi) is 6.73. The Morgan fingerprint density at radius 1 is 1.07 bits per heavy atom. The molecule has 1 N–H and O–H groups in total. The van der Waals surface area contributed by atoms with E-state index in [2.05, 4.69) is 32.8 Å². The van der Waals surface area contributed by atoms with Gasteiger partial charge in [-0.15, -0.1) is 0 Å². The zero-order chi connectivity index (χ0) is 20.9. The van der Waals surface area contributed by atoms with Crippen molar-refractivity contribution in [2.45, 2.75) is 12.8 Å². The third-order valence-electron chi connectivity index (χ3n) is 5.35. The number of piperidine rings is 1. The third-order valence-corrected chi connectivity index (χ3v) is 6.07. The van der Waals surface area contributed by atoms with E-state index < -0.39 is 6.09 Å². The molecule has 158 valence electrons. The molecule has 0 spiro atoms. The average Bonchev–Trinajstić information content (AvgIpc) is 3.22. The molecule has 0 radical (unpaired) electrons. The number of ketones is 1. The minimum atomic E-state index is -0.502. The van der Waals surface area contributed by atoms with Crippen molar-refractivity contribution in [1.82, 2.24) is 4.90 Å². The fraction of sp³-hybridized carbons (Fsp3) is 0.364. The predicted octanol–water partition coefficient (Wildman–Crippen LogP) is 4.16. The lowest BCUT2D eigenvalue weighted by Gasteiger charge is -2.31. The first kappa shape index (κ1) is 20.9. The molecule has 1 saturated heterocycles. The van der Waals surface area contributed by atoms with Gasteiger partial charge in [0, 0.05) is 33.4 Å². The molecule has 0 atom stereocenters. The Labute approximate surface area is 188 Å². The van der Waals surface area contributed by atoms with Crippen molar-refractivity contribution in [1.29, 1.82) is 0 Å². The minimum absolute atomic E-state index is 0.0662. The number of Topliss-reactive ketones (excluding diaryl/α,β-unsaturated/α-hetero) is 1. The molecule has 0 unspecified atom stereocenters. The summed E-state index contributed by atoms with van der Waals surface area (Å²) in [7, 11) is 0. The van der Waals surface area contributed by atoms with Gasteiger partial charge in [0.2, 0.25) is 6.79 Å². The van der Waals surface area contributed by atoms with E-state index in [4.69, 9.17) is 14.2 Å². The summed E-state index contributed by atoms with van der Waals surface area (Å²) in [4.78, 5) is 26.9. The van der Waals surface area contributed by atoms with Crippen molar-refractivity contribution in [3.8, 4) is 11.5 Å². The molecule has 0 aliphatic carbocycles. The quantitative estimate of drug-likeness (QED) is 0.454. The van der Waals surface area contributed by atoms with Crippen LogP contribution in [-0.4, -0.2) is 49.8 Å². The SMILES string of the molecule is O=C(Nc1ccc2c(c1)OCO2)OCCN1CCC(C(=O)c2ccc(I)cc2)CC1. The van der Waals surface area contributed by atoms with Crippen LogP contribution in [0, 0.1) is 9.49 Å². The average molecular weight is 522 g/mol. The number of hydrogen-bond acceptors (Lipinski definition) is 6. The molecule has 8 heteroatoms. The molecule has 0 bridgehead atoms. The minimum Gasteiger partial charge on any atom is -0.454 e. The van der Waals surface area contributed by atoms with Gasteiger partial charge in [-0.3, -0.25) is 15.0 Å². The highest BCUT2D eigenvalue weighted by atomic mass is 127. The lowest BCUT2D eigenvalue weighted by molar-refractivity contribution is 0.0813. The van der Waals surface area contributed by atoms with E-state index >= 15 is 0 Å². The van der Waals surface area contributed by atoms with Crippen LogP contribution in [0.2, 0.25) is 0 Å². The maximum absolute atomic E-state index is 12.6. The second kappa shape index (κ2) is 9.65. The molecular weight excluding hydrogens is 499 g/mol. The fourth-order valence-corrected chi connectivity index (χ4v) is 4.02. The zero-order valence-corrected chi connectivity index (χ0v) is 18.6. The molecule has 7 nitrogen and oxygen atoms in total. The molecular formula is C22H23IN2O5. The summed E-state index contributed by atoms with van der Waals surface area (Å²) in [6.45, 7) is 2.79. The Bertz CT molecular complexity index is 910. The maximum Gasteiger partial charge on any atom is 0.411 e. The standard InChI is InChI=1S/C22H23IN2O5/c23-17-3-1-15(2-4-17)21(26)16-7-9-25(10-8-16)11-12-28-22(27)24-18-5-6-19-20(13-18)30-14-29-19/h1-6,13,16H,7-12,14H2,(H,24,27). The van der Waals surface area contributed by atoms with E-state index in [1.54, 1.807) is 18.2 Å². The summed E-state index contributed by atoms with van der Waals surface area (Å²) in [5.74, 6) is 1.57. The van der Waals surface area contributed by atoms with Crippen molar-refractivity contribution in [2.75, 3.05) is 38.4 Å². The first-order valence-electron chi connectivity index (χ1n) is 9.94. The largest absolute Gasteiger partial charge is 0.454 e. The topological polar surface area (TPSA) is 77.1 Å². The molecule has 30 heavy (non-hydrogen) atoms. The maximum atomic E-state index is 12.6. The van der Waals surface area contributed by atoms with E-state index in [0.717, 1.165) is 35.1 Å².